The van der Waals surface area contributed by atoms with Gasteiger partial charge in [0, 0.05) is 47.7 Å². The highest BCUT2D eigenvalue weighted by Gasteiger charge is 2.27. The van der Waals surface area contributed by atoms with Gasteiger partial charge in [0.1, 0.15) is 21.4 Å². The van der Waals surface area contributed by atoms with Crippen LogP contribution >= 0.6 is 45.9 Å². The van der Waals surface area contributed by atoms with Crippen LogP contribution in [0.3, 0.4) is 0 Å². The molecular formula is C28H25Cl2N3O8S2. The van der Waals surface area contributed by atoms with Crippen LogP contribution in [0.15, 0.2) is 18.2 Å². The number of halogens is 2. The lowest BCUT2D eigenvalue weighted by atomic mass is 10.1. The molecule has 2 amide bonds. The summed E-state index contributed by atoms with van der Waals surface area (Å²) in [6.45, 7) is 4.12. The number of amides is 2. The van der Waals surface area contributed by atoms with E-state index >= 15 is 0 Å². The van der Waals surface area contributed by atoms with Gasteiger partial charge in [-0.15, -0.1) is 22.7 Å². The molecule has 4 aromatic rings. The number of hydrogen-bond acceptors (Lipinski definition) is 11. The number of nitriles is 1. The zero-order chi connectivity index (χ0) is 30.8. The van der Waals surface area contributed by atoms with Crippen molar-refractivity contribution in [3.8, 4) is 29.1 Å². The number of phenols is 3. The molecule has 2 fully saturated rings. The predicted octanol–water partition coefficient (Wildman–Crippen LogP) is 5.05. The molecule has 6 rings (SSSR count). The second-order valence-electron chi connectivity index (χ2n) is 9.43. The Morgan fingerprint density at radius 1 is 0.860 bits per heavy atom. The number of thiophene rings is 2. The van der Waals surface area contributed by atoms with Crippen LogP contribution in [0.5, 0.6) is 23.0 Å². The molecule has 0 radical (unpaired) electrons. The van der Waals surface area contributed by atoms with Gasteiger partial charge in [-0.05, 0) is 12.1 Å². The van der Waals surface area contributed by atoms with Gasteiger partial charge in [0.05, 0.1) is 48.3 Å². The van der Waals surface area contributed by atoms with E-state index in [1.54, 1.807) is 21.9 Å². The van der Waals surface area contributed by atoms with Crippen molar-refractivity contribution in [2.75, 3.05) is 59.7 Å². The molecule has 2 aliphatic heterocycles. The van der Waals surface area contributed by atoms with Crippen LogP contribution in [0.2, 0.25) is 10.0 Å². The quantitative estimate of drug-likeness (QED) is 0.255. The molecule has 2 aliphatic rings. The highest BCUT2D eigenvalue weighted by atomic mass is 35.5. The zero-order valence-corrected chi connectivity index (χ0v) is 25.8. The maximum atomic E-state index is 12.5. The number of ether oxygens (including phenoxy) is 3. The standard InChI is InChI=1S/C14H11ClN2O4S.C14H14ClNO4S/c15-10-7-5-9(18)11(19)8(6-16)12(7)22-13(10)14(20)17-1-3-21-4-2-17;1-19-10-6-8-11(7-9(10)17)21-13(12(8)15)14(18)16-2-4-20-5-3-16/h5,18-19H,1-4H2;6-7,17H,2-5H2,1H3. The molecule has 0 bridgehead atoms. The Hall–Kier alpha value is -3.51. The normalized spacial score (nSPS) is 15.2. The van der Waals surface area contributed by atoms with Crippen molar-refractivity contribution in [3.63, 3.8) is 0 Å². The number of carbonyl (C=O) groups excluding carboxylic acids is 2. The third-order valence-corrected chi connectivity index (χ3v) is 10.3. The van der Waals surface area contributed by atoms with Gasteiger partial charge in [-0.1, -0.05) is 23.2 Å². The van der Waals surface area contributed by atoms with E-state index in [0.29, 0.717) is 88.6 Å². The lowest BCUT2D eigenvalue weighted by molar-refractivity contribution is 0.0304. The molecule has 2 aromatic heterocycles. The second kappa shape index (κ2) is 13.0. The van der Waals surface area contributed by atoms with E-state index in [4.69, 9.17) is 42.7 Å². The predicted molar refractivity (Wildman–Crippen MR) is 163 cm³/mol. The monoisotopic (exact) mass is 665 g/mol. The molecule has 11 nitrogen and oxygen atoms in total. The topological polar surface area (TPSA) is 153 Å². The summed E-state index contributed by atoms with van der Waals surface area (Å²) in [5.41, 5.74) is -0.0806. The number of carbonyl (C=O) groups is 2. The van der Waals surface area contributed by atoms with Crippen molar-refractivity contribution in [2.24, 2.45) is 0 Å². The van der Waals surface area contributed by atoms with Crippen LogP contribution in [0.1, 0.15) is 24.9 Å². The average molecular weight is 667 g/mol. The summed E-state index contributed by atoms with van der Waals surface area (Å²) in [6, 6.07) is 6.32. The Bertz CT molecular complexity index is 1750. The summed E-state index contributed by atoms with van der Waals surface area (Å²) in [6.07, 6.45) is 0. The Labute approximate surface area is 263 Å². The minimum atomic E-state index is -0.502. The Balaban J connectivity index is 0.000000171. The molecule has 226 valence electrons. The number of benzene rings is 2. The van der Waals surface area contributed by atoms with E-state index in [0.717, 1.165) is 16.0 Å². The van der Waals surface area contributed by atoms with Gasteiger partial charge in [0.2, 0.25) is 0 Å². The van der Waals surface area contributed by atoms with Crippen molar-refractivity contribution >= 4 is 77.9 Å². The van der Waals surface area contributed by atoms with E-state index < -0.39 is 11.5 Å². The minimum Gasteiger partial charge on any atom is -0.504 e. The number of aromatic hydroxyl groups is 3. The van der Waals surface area contributed by atoms with E-state index in [-0.39, 0.29) is 28.1 Å². The fraction of sp³-hybridized carbons (Fsp3) is 0.321. The van der Waals surface area contributed by atoms with Crippen LogP contribution in [0.4, 0.5) is 0 Å². The SMILES string of the molecule is COc1cc2c(Cl)c(C(=O)N3CCOCC3)sc2cc1O.N#Cc1c(O)c(O)cc2c(Cl)c(C(=O)N3CCOCC3)sc12. The maximum absolute atomic E-state index is 12.5. The first-order valence-electron chi connectivity index (χ1n) is 13.0. The van der Waals surface area contributed by atoms with E-state index in [2.05, 4.69) is 0 Å². The van der Waals surface area contributed by atoms with Gasteiger partial charge < -0.3 is 39.3 Å². The highest BCUT2D eigenvalue weighted by molar-refractivity contribution is 7.22. The first-order chi connectivity index (χ1) is 20.7. The lowest BCUT2D eigenvalue weighted by Crippen LogP contribution is -2.40. The van der Waals surface area contributed by atoms with Crippen molar-refractivity contribution in [2.45, 2.75) is 0 Å². The number of nitrogens with zero attached hydrogens (tertiary/aromatic N) is 3. The van der Waals surface area contributed by atoms with Crippen molar-refractivity contribution in [3.05, 3.63) is 43.6 Å². The van der Waals surface area contributed by atoms with Gasteiger partial charge in [-0.3, -0.25) is 9.59 Å². The van der Waals surface area contributed by atoms with Gasteiger partial charge in [0.15, 0.2) is 23.0 Å². The molecular weight excluding hydrogens is 641 g/mol. The smallest absolute Gasteiger partial charge is 0.265 e. The first kappa shape index (κ1) is 30.9. The summed E-state index contributed by atoms with van der Waals surface area (Å²) >= 11 is 14.9. The number of morpholine rings is 2. The number of phenolic OH excluding ortho intramolecular Hbond substituents is 3. The summed E-state index contributed by atoms with van der Waals surface area (Å²) in [5.74, 6) is -0.895. The Morgan fingerprint density at radius 3 is 1.93 bits per heavy atom. The third-order valence-electron chi connectivity index (χ3n) is 6.90. The van der Waals surface area contributed by atoms with Gasteiger partial charge in [0.25, 0.3) is 11.8 Å². The van der Waals surface area contributed by atoms with Crippen molar-refractivity contribution in [1.82, 2.24) is 9.80 Å². The van der Waals surface area contributed by atoms with E-state index in [9.17, 15) is 24.9 Å². The Kier molecular flexibility index (Phi) is 9.36. The van der Waals surface area contributed by atoms with E-state index in [1.807, 2.05) is 6.07 Å². The third kappa shape index (κ3) is 5.99. The van der Waals surface area contributed by atoms with Crippen molar-refractivity contribution < 1.29 is 39.1 Å². The zero-order valence-electron chi connectivity index (χ0n) is 22.7. The molecule has 0 unspecified atom stereocenters. The number of methoxy groups -OCH3 is 1. The van der Waals surface area contributed by atoms with Gasteiger partial charge in [-0.2, -0.15) is 5.26 Å². The molecule has 43 heavy (non-hydrogen) atoms. The van der Waals surface area contributed by atoms with Gasteiger partial charge in [-0.25, -0.2) is 0 Å². The Morgan fingerprint density at radius 2 is 1.40 bits per heavy atom. The molecule has 0 spiro atoms. The molecule has 4 heterocycles. The van der Waals surface area contributed by atoms with Crippen molar-refractivity contribution in [1.29, 1.82) is 5.26 Å². The molecule has 3 N–H and O–H groups in total. The van der Waals surface area contributed by atoms with Crippen LogP contribution in [0.25, 0.3) is 20.2 Å². The molecule has 15 heteroatoms. The maximum Gasteiger partial charge on any atom is 0.265 e. The minimum absolute atomic E-state index is 0.0355. The van der Waals surface area contributed by atoms with Crippen LogP contribution in [-0.4, -0.2) is 96.7 Å². The first-order valence-corrected chi connectivity index (χ1v) is 15.3. The molecule has 0 aliphatic carbocycles. The number of hydrogen-bond donors (Lipinski definition) is 3. The lowest BCUT2D eigenvalue weighted by Gasteiger charge is -2.26. The molecule has 2 saturated heterocycles. The molecule has 0 saturated carbocycles. The average Bonchev–Trinajstić information content (AvgIpc) is 3.53. The highest BCUT2D eigenvalue weighted by Crippen LogP contribution is 2.45. The summed E-state index contributed by atoms with van der Waals surface area (Å²) in [4.78, 5) is 29.2. The van der Waals surface area contributed by atoms with Crippen LogP contribution < -0.4 is 4.74 Å². The largest absolute Gasteiger partial charge is 0.504 e. The van der Waals surface area contributed by atoms with Crippen LogP contribution in [0, 0.1) is 11.3 Å². The molecule has 0 atom stereocenters. The van der Waals surface area contributed by atoms with Crippen LogP contribution in [-0.2, 0) is 9.47 Å². The fourth-order valence-corrected chi connectivity index (χ4v) is 7.65. The summed E-state index contributed by atoms with van der Waals surface area (Å²) in [5, 5.41) is 40.1. The fourth-order valence-electron chi connectivity index (χ4n) is 4.62. The summed E-state index contributed by atoms with van der Waals surface area (Å²) in [7, 11) is 1.47. The summed E-state index contributed by atoms with van der Waals surface area (Å²) < 4.78 is 16.7. The molecule has 2 aromatic carbocycles. The number of rotatable bonds is 3. The number of fused-ring (bicyclic) bond motifs is 2. The van der Waals surface area contributed by atoms with Gasteiger partial charge >= 0.3 is 0 Å². The van der Waals surface area contributed by atoms with E-state index in [1.165, 1.54) is 24.5 Å². The second-order valence-corrected chi connectivity index (χ2v) is 12.3.